The highest BCUT2D eigenvalue weighted by atomic mass is 16.4. The van der Waals surface area contributed by atoms with Gasteiger partial charge in [-0.3, -0.25) is 0 Å². The lowest BCUT2D eigenvalue weighted by atomic mass is 9.97. The van der Waals surface area contributed by atoms with Crippen molar-refractivity contribution in [2.24, 2.45) is 0 Å². The molecular formula is C26H30N2O2. The van der Waals surface area contributed by atoms with Gasteiger partial charge in [0.15, 0.2) is 0 Å². The second kappa shape index (κ2) is 9.31. The van der Waals surface area contributed by atoms with Crippen LogP contribution in [0.2, 0.25) is 0 Å². The molecule has 3 aromatic rings. The number of fused-ring (bicyclic) bond motifs is 1. The number of hydrogen-bond donors (Lipinski definition) is 2. The smallest absolute Gasteiger partial charge is 0.352 e. The molecule has 0 bridgehead atoms. The predicted molar refractivity (Wildman–Crippen MR) is 122 cm³/mol. The molecule has 0 spiro atoms. The van der Waals surface area contributed by atoms with Crippen molar-refractivity contribution in [2.75, 3.05) is 6.54 Å². The number of para-hydroxylation sites is 1. The summed E-state index contributed by atoms with van der Waals surface area (Å²) in [6.45, 7) is 4.07. The van der Waals surface area contributed by atoms with Crippen LogP contribution in [0.4, 0.5) is 0 Å². The van der Waals surface area contributed by atoms with Crippen LogP contribution < -0.4 is 5.32 Å². The topological polar surface area (TPSA) is 54.3 Å². The monoisotopic (exact) mass is 402 g/mol. The minimum atomic E-state index is -0.869. The highest BCUT2D eigenvalue weighted by Crippen LogP contribution is 2.28. The van der Waals surface area contributed by atoms with Crippen LogP contribution >= 0.6 is 0 Å². The summed E-state index contributed by atoms with van der Waals surface area (Å²) in [4.78, 5) is 12.3. The van der Waals surface area contributed by atoms with E-state index in [1.54, 1.807) is 0 Å². The number of carboxylic acids is 1. The number of benzene rings is 2. The van der Waals surface area contributed by atoms with Crippen molar-refractivity contribution in [3.05, 3.63) is 82.6 Å². The maximum Gasteiger partial charge on any atom is 0.352 e. The fraction of sp³-hybridized carbons (Fsp3) is 0.346. The molecule has 2 N–H and O–H groups in total. The SMILES string of the molecule is Cc1ccccc1Cn1c(C(=O)O)c(CNCCC2=CCCCC2)c2ccccc21. The molecular weight excluding hydrogens is 372 g/mol. The highest BCUT2D eigenvalue weighted by molar-refractivity contribution is 5.98. The lowest BCUT2D eigenvalue weighted by molar-refractivity contribution is 0.0684. The van der Waals surface area contributed by atoms with E-state index in [9.17, 15) is 9.90 Å². The Morgan fingerprint density at radius 2 is 1.90 bits per heavy atom. The van der Waals surface area contributed by atoms with Gasteiger partial charge in [-0.1, -0.05) is 54.1 Å². The van der Waals surface area contributed by atoms with Gasteiger partial charge >= 0.3 is 5.97 Å². The van der Waals surface area contributed by atoms with Crippen molar-refractivity contribution in [2.45, 2.75) is 52.1 Å². The van der Waals surface area contributed by atoms with E-state index in [0.717, 1.165) is 35.0 Å². The van der Waals surface area contributed by atoms with Gasteiger partial charge < -0.3 is 15.0 Å². The summed E-state index contributed by atoms with van der Waals surface area (Å²) in [5, 5.41) is 14.6. The summed E-state index contributed by atoms with van der Waals surface area (Å²) < 4.78 is 1.96. The Hall–Kier alpha value is -2.85. The molecule has 156 valence electrons. The number of carboxylic acid groups (broad SMARTS) is 1. The van der Waals surface area contributed by atoms with Gasteiger partial charge in [0.25, 0.3) is 0 Å². The first-order valence-electron chi connectivity index (χ1n) is 10.9. The van der Waals surface area contributed by atoms with E-state index in [1.807, 2.05) is 41.0 Å². The van der Waals surface area contributed by atoms with Crippen LogP contribution in [-0.4, -0.2) is 22.2 Å². The first-order valence-corrected chi connectivity index (χ1v) is 10.9. The Morgan fingerprint density at radius 3 is 2.67 bits per heavy atom. The van der Waals surface area contributed by atoms with Crippen LogP contribution in [-0.2, 0) is 13.1 Å². The van der Waals surface area contributed by atoms with Gasteiger partial charge in [-0.25, -0.2) is 4.79 Å². The average molecular weight is 403 g/mol. The van der Waals surface area contributed by atoms with E-state index in [0.29, 0.717) is 18.8 Å². The zero-order chi connectivity index (χ0) is 20.9. The summed E-state index contributed by atoms with van der Waals surface area (Å²) >= 11 is 0. The molecule has 1 aliphatic rings. The second-order valence-corrected chi connectivity index (χ2v) is 8.20. The Morgan fingerprint density at radius 1 is 1.10 bits per heavy atom. The quantitative estimate of drug-likeness (QED) is 0.377. The molecule has 0 radical (unpaired) electrons. The van der Waals surface area contributed by atoms with Crippen molar-refractivity contribution >= 4 is 16.9 Å². The molecule has 4 rings (SSSR count). The van der Waals surface area contributed by atoms with Crippen LogP contribution in [0, 0.1) is 6.92 Å². The molecule has 1 heterocycles. The van der Waals surface area contributed by atoms with E-state index < -0.39 is 5.97 Å². The molecule has 0 unspecified atom stereocenters. The third kappa shape index (κ3) is 4.34. The van der Waals surface area contributed by atoms with E-state index in [4.69, 9.17) is 0 Å². The number of nitrogens with one attached hydrogen (secondary N) is 1. The molecule has 0 amide bonds. The Balaban J connectivity index is 1.62. The summed E-state index contributed by atoms with van der Waals surface area (Å²) in [6, 6.07) is 16.2. The number of hydrogen-bond acceptors (Lipinski definition) is 2. The van der Waals surface area contributed by atoms with Gasteiger partial charge in [-0.15, -0.1) is 0 Å². The third-order valence-corrected chi connectivity index (χ3v) is 6.18. The molecule has 4 nitrogen and oxygen atoms in total. The number of aryl methyl sites for hydroxylation is 1. The molecule has 1 aromatic heterocycles. The van der Waals surface area contributed by atoms with Crippen LogP contribution in [0.5, 0.6) is 0 Å². The van der Waals surface area contributed by atoms with Crippen LogP contribution in [0.3, 0.4) is 0 Å². The van der Waals surface area contributed by atoms with Crippen molar-refractivity contribution < 1.29 is 9.90 Å². The van der Waals surface area contributed by atoms with Crippen LogP contribution in [0.15, 0.2) is 60.2 Å². The van der Waals surface area contributed by atoms with Gasteiger partial charge in [0.2, 0.25) is 0 Å². The van der Waals surface area contributed by atoms with Gasteiger partial charge in [-0.2, -0.15) is 0 Å². The van der Waals surface area contributed by atoms with Crippen LogP contribution in [0.25, 0.3) is 10.9 Å². The largest absolute Gasteiger partial charge is 0.477 e. The van der Waals surface area contributed by atoms with Gasteiger partial charge in [0, 0.05) is 29.6 Å². The zero-order valence-electron chi connectivity index (χ0n) is 17.7. The van der Waals surface area contributed by atoms with E-state index in [-0.39, 0.29) is 0 Å². The number of aromatic carboxylic acids is 1. The summed E-state index contributed by atoms with van der Waals surface area (Å²) in [5.41, 5.74) is 6.10. The lowest BCUT2D eigenvalue weighted by Gasteiger charge is -2.13. The molecule has 1 aliphatic carbocycles. The first-order chi connectivity index (χ1) is 14.6. The fourth-order valence-electron chi connectivity index (χ4n) is 4.51. The molecule has 30 heavy (non-hydrogen) atoms. The highest BCUT2D eigenvalue weighted by Gasteiger charge is 2.22. The van der Waals surface area contributed by atoms with E-state index >= 15 is 0 Å². The third-order valence-electron chi connectivity index (χ3n) is 6.18. The number of allylic oxidation sites excluding steroid dienone is 1. The van der Waals surface area contributed by atoms with Gasteiger partial charge in [-0.05, 0) is 62.8 Å². The maximum atomic E-state index is 12.3. The van der Waals surface area contributed by atoms with Crippen molar-refractivity contribution in [1.82, 2.24) is 9.88 Å². The Labute approximate surface area is 178 Å². The molecule has 0 saturated carbocycles. The molecule has 2 aromatic carbocycles. The molecule has 0 aliphatic heterocycles. The summed E-state index contributed by atoms with van der Waals surface area (Å²) in [5.74, 6) is -0.869. The normalized spacial score (nSPS) is 14.1. The second-order valence-electron chi connectivity index (χ2n) is 8.20. The van der Waals surface area contributed by atoms with E-state index in [1.165, 1.54) is 36.8 Å². The number of aromatic nitrogens is 1. The van der Waals surface area contributed by atoms with Crippen molar-refractivity contribution in [3.8, 4) is 0 Å². The number of carbonyl (C=O) groups is 1. The molecule has 0 saturated heterocycles. The van der Waals surface area contributed by atoms with Crippen molar-refractivity contribution in [1.29, 1.82) is 0 Å². The van der Waals surface area contributed by atoms with E-state index in [2.05, 4.69) is 30.4 Å². The minimum absolute atomic E-state index is 0.392. The zero-order valence-corrected chi connectivity index (χ0v) is 17.7. The lowest BCUT2D eigenvalue weighted by Crippen LogP contribution is -2.19. The standard InChI is InChI=1S/C26H30N2O2/c1-19-9-5-6-12-21(19)18-28-24-14-8-7-13-22(24)23(25(28)26(29)30)17-27-16-15-20-10-3-2-4-11-20/h5-10,12-14,27H,2-4,11,15-18H2,1H3,(H,29,30). The Bertz CT molecular complexity index is 1080. The molecule has 4 heteroatoms. The predicted octanol–water partition coefficient (Wildman–Crippen LogP) is 5.68. The maximum absolute atomic E-state index is 12.3. The van der Waals surface area contributed by atoms with Gasteiger partial charge in [0.05, 0.1) is 0 Å². The first kappa shape index (κ1) is 20.4. The number of rotatable bonds is 8. The minimum Gasteiger partial charge on any atom is -0.477 e. The van der Waals surface area contributed by atoms with Gasteiger partial charge in [0.1, 0.15) is 5.69 Å². The number of nitrogens with zero attached hydrogens (tertiary/aromatic N) is 1. The summed E-state index contributed by atoms with van der Waals surface area (Å²) in [7, 11) is 0. The Kier molecular flexibility index (Phi) is 6.34. The summed E-state index contributed by atoms with van der Waals surface area (Å²) in [6.07, 6.45) is 8.43. The van der Waals surface area contributed by atoms with Crippen molar-refractivity contribution in [3.63, 3.8) is 0 Å². The fourth-order valence-corrected chi connectivity index (χ4v) is 4.51. The molecule has 0 fully saturated rings. The average Bonchev–Trinajstić information content (AvgIpc) is 3.07. The van der Waals surface area contributed by atoms with Crippen LogP contribution in [0.1, 0.15) is 59.3 Å². The molecule has 0 atom stereocenters.